The van der Waals surface area contributed by atoms with Crippen LogP contribution in [0.5, 0.6) is 0 Å². The highest BCUT2D eigenvalue weighted by molar-refractivity contribution is 5.92. The van der Waals surface area contributed by atoms with Crippen LogP contribution in [0.15, 0.2) is 36.7 Å². The van der Waals surface area contributed by atoms with E-state index < -0.39 is 17.6 Å². The molecule has 0 radical (unpaired) electrons. The van der Waals surface area contributed by atoms with Crippen LogP contribution < -0.4 is 0 Å². The van der Waals surface area contributed by atoms with E-state index in [1.165, 1.54) is 18.3 Å². The number of aromatic carboxylic acids is 1. The molecular formula is C26H28F2N4O3. The summed E-state index contributed by atoms with van der Waals surface area (Å²) < 4.78 is 29.5. The standard InChI is InChI=1S/C26H28F2N4O3/c1-30(9-8-20-6-7-25(33)32(20)19-4-5-19)13-17-15-31(14-16-2-3-18(27)10-22(16)28)24-12-29-23(26(34)35)11-21(17)24/h2-3,10-12,15,19-20H,4-9,13-14H2,1H3,(H,34,35)/t20-/m0/s1. The van der Waals surface area contributed by atoms with E-state index in [1.54, 1.807) is 6.07 Å². The molecule has 3 aromatic rings. The summed E-state index contributed by atoms with van der Waals surface area (Å²) in [4.78, 5) is 32.0. The van der Waals surface area contributed by atoms with Crippen LogP contribution in [0.4, 0.5) is 8.78 Å². The van der Waals surface area contributed by atoms with Crippen molar-refractivity contribution >= 4 is 22.8 Å². The van der Waals surface area contributed by atoms with E-state index in [-0.39, 0.29) is 24.2 Å². The van der Waals surface area contributed by atoms with Crippen LogP contribution in [0.25, 0.3) is 10.9 Å². The zero-order valence-corrected chi connectivity index (χ0v) is 19.6. The number of likely N-dealkylation sites (tertiary alicyclic amines) is 1. The molecule has 2 aromatic heterocycles. The Morgan fingerprint density at radius 1 is 1.20 bits per heavy atom. The molecule has 1 saturated carbocycles. The Hall–Kier alpha value is -3.33. The summed E-state index contributed by atoms with van der Waals surface area (Å²) >= 11 is 0. The second kappa shape index (κ2) is 9.37. The summed E-state index contributed by atoms with van der Waals surface area (Å²) in [5.41, 5.74) is 1.85. The fraction of sp³-hybridized carbons (Fsp3) is 0.423. The van der Waals surface area contributed by atoms with Crippen molar-refractivity contribution < 1.29 is 23.5 Å². The summed E-state index contributed by atoms with van der Waals surface area (Å²) in [7, 11) is 2.00. The third-order valence-corrected chi connectivity index (χ3v) is 7.02. The van der Waals surface area contributed by atoms with Gasteiger partial charge in [0, 0.05) is 54.8 Å². The first-order valence-electron chi connectivity index (χ1n) is 11.9. The second-order valence-electron chi connectivity index (χ2n) is 9.66. The minimum Gasteiger partial charge on any atom is -0.477 e. The van der Waals surface area contributed by atoms with Gasteiger partial charge in [-0.05, 0) is 50.4 Å². The van der Waals surface area contributed by atoms with E-state index >= 15 is 0 Å². The van der Waals surface area contributed by atoms with Crippen molar-refractivity contribution in [1.82, 2.24) is 19.4 Å². The SMILES string of the molecule is CN(CC[C@@H]1CCC(=O)N1C1CC1)Cc1cn(Cc2ccc(F)cc2F)c2cnc(C(=O)O)cc12. The molecule has 1 atom stereocenters. The molecule has 2 fully saturated rings. The van der Waals surface area contributed by atoms with Gasteiger partial charge < -0.3 is 19.5 Å². The number of carboxylic acid groups (broad SMARTS) is 1. The lowest BCUT2D eigenvalue weighted by molar-refractivity contribution is -0.129. The van der Waals surface area contributed by atoms with Crippen LogP contribution in [-0.4, -0.2) is 62.0 Å². The Morgan fingerprint density at radius 3 is 2.71 bits per heavy atom. The van der Waals surface area contributed by atoms with Crippen LogP contribution in [-0.2, 0) is 17.9 Å². The summed E-state index contributed by atoms with van der Waals surface area (Å²) in [6, 6.07) is 5.74. The zero-order valence-electron chi connectivity index (χ0n) is 19.6. The zero-order chi connectivity index (χ0) is 24.7. The molecule has 0 spiro atoms. The highest BCUT2D eigenvalue weighted by Crippen LogP contribution is 2.35. The molecule has 9 heteroatoms. The number of fused-ring (bicyclic) bond motifs is 1. The van der Waals surface area contributed by atoms with Crippen LogP contribution in [0.3, 0.4) is 0 Å². The molecule has 1 N–H and O–H groups in total. The number of hydrogen-bond donors (Lipinski definition) is 1. The molecule has 1 aliphatic carbocycles. The first kappa shape index (κ1) is 23.4. The fourth-order valence-electron chi connectivity index (χ4n) is 5.11. The van der Waals surface area contributed by atoms with E-state index in [1.807, 2.05) is 17.8 Å². The van der Waals surface area contributed by atoms with Gasteiger partial charge in [-0.25, -0.2) is 18.6 Å². The maximum absolute atomic E-state index is 14.3. The number of carbonyl (C=O) groups excluding carboxylic acids is 1. The minimum absolute atomic E-state index is 0.0586. The Kier molecular flexibility index (Phi) is 6.27. The number of nitrogens with zero attached hydrogens (tertiary/aromatic N) is 4. The lowest BCUT2D eigenvalue weighted by Gasteiger charge is -2.26. The molecule has 184 valence electrons. The number of halogens is 2. The molecular weight excluding hydrogens is 454 g/mol. The number of rotatable bonds is 9. The highest BCUT2D eigenvalue weighted by Gasteiger charge is 2.40. The van der Waals surface area contributed by atoms with Crippen LogP contribution in [0.1, 0.15) is 53.7 Å². The molecule has 3 heterocycles. The van der Waals surface area contributed by atoms with Crippen LogP contribution in [0.2, 0.25) is 0 Å². The number of hydrogen-bond acceptors (Lipinski definition) is 4. The Morgan fingerprint density at radius 2 is 2.00 bits per heavy atom. The molecule has 0 bridgehead atoms. The van der Waals surface area contributed by atoms with Gasteiger partial charge in [0.2, 0.25) is 5.91 Å². The predicted octanol–water partition coefficient (Wildman–Crippen LogP) is 4.04. The first-order chi connectivity index (χ1) is 16.8. The normalized spacial score (nSPS) is 18.2. The quantitative estimate of drug-likeness (QED) is 0.498. The topological polar surface area (TPSA) is 78.7 Å². The van der Waals surface area contributed by atoms with Gasteiger partial charge in [0.15, 0.2) is 0 Å². The van der Waals surface area contributed by atoms with Crippen molar-refractivity contribution in [2.45, 2.75) is 57.3 Å². The van der Waals surface area contributed by atoms with Crippen molar-refractivity contribution in [3.05, 3.63) is 65.1 Å². The van der Waals surface area contributed by atoms with Crippen molar-refractivity contribution in [2.75, 3.05) is 13.6 Å². The smallest absolute Gasteiger partial charge is 0.354 e. The predicted molar refractivity (Wildman–Crippen MR) is 126 cm³/mol. The average Bonchev–Trinajstić information content (AvgIpc) is 3.51. The number of carbonyl (C=O) groups is 2. The number of amides is 1. The van der Waals surface area contributed by atoms with Crippen molar-refractivity contribution in [2.24, 2.45) is 0 Å². The summed E-state index contributed by atoms with van der Waals surface area (Å²) in [5.74, 6) is -2.12. The van der Waals surface area contributed by atoms with Crippen molar-refractivity contribution in [3.8, 4) is 0 Å². The fourth-order valence-corrected chi connectivity index (χ4v) is 5.11. The van der Waals surface area contributed by atoms with Gasteiger partial charge in [-0.1, -0.05) is 6.07 Å². The molecule has 2 aliphatic rings. The highest BCUT2D eigenvalue weighted by atomic mass is 19.1. The van der Waals surface area contributed by atoms with Gasteiger partial charge in [-0.3, -0.25) is 4.79 Å². The number of benzene rings is 1. The molecule has 1 aromatic carbocycles. The Balaban J connectivity index is 1.36. The summed E-state index contributed by atoms with van der Waals surface area (Å²) in [6.45, 7) is 1.51. The van der Waals surface area contributed by atoms with Crippen molar-refractivity contribution in [3.63, 3.8) is 0 Å². The maximum atomic E-state index is 14.3. The minimum atomic E-state index is -1.12. The molecule has 1 aliphatic heterocycles. The lowest BCUT2D eigenvalue weighted by atomic mass is 10.1. The monoisotopic (exact) mass is 482 g/mol. The first-order valence-corrected chi connectivity index (χ1v) is 11.9. The molecule has 5 rings (SSSR count). The Labute approximate surface area is 202 Å². The van der Waals surface area contributed by atoms with E-state index in [9.17, 15) is 23.5 Å². The Bertz CT molecular complexity index is 1290. The molecule has 1 saturated heterocycles. The third kappa shape index (κ3) is 4.91. The number of pyridine rings is 1. The number of aromatic nitrogens is 2. The van der Waals surface area contributed by atoms with E-state index in [0.717, 1.165) is 49.2 Å². The van der Waals surface area contributed by atoms with Gasteiger partial charge in [0.1, 0.15) is 17.3 Å². The van der Waals surface area contributed by atoms with Crippen LogP contribution >= 0.6 is 0 Å². The number of carboxylic acids is 1. The van der Waals surface area contributed by atoms with Gasteiger partial charge >= 0.3 is 5.97 Å². The molecule has 35 heavy (non-hydrogen) atoms. The largest absolute Gasteiger partial charge is 0.477 e. The maximum Gasteiger partial charge on any atom is 0.354 e. The lowest BCUT2D eigenvalue weighted by Crippen LogP contribution is -2.37. The van der Waals surface area contributed by atoms with Gasteiger partial charge in [0.05, 0.1) is 18.3 Å². The van der Waals surface area contributed by atoms with Crippen LogP contribution in [0, 0.1) is 11.6 Å². The second-order valence-corrected chi connectivity index (χ2v) is 9.66. The summed E-state index contributed by atoms with van der Waals surface area (Å²) in [5, 5.41) is 10.2. The van der Waals surface area contributed by atoms with Gasteiger partial charge in [-0.15, -0.1) is 0 Å². The van der Waals surface area contributed by atoms with E-state index in [2.05, 4.69) is 14.8 Å². The molecule has 7 nitrogen and oxygen atoms in total. The van der Waals surface area contributed by atoms with Gasteiger partial charge in [-0.2, -0.15) is 0 Å². The van der Waals surface area contributed by atoms with E-state index in [0.29, 0.717) is 30.1 Å². The van der Waals surface area contributed by atoms with Crippen molar-refractivity contribution in [1.29, 1.82) is 0 Å². The average molecular weight is 483 g/mol. The molecule has 0 unspecified atom stereocenters. The molecule has 1 amide bonds. The third-order valence-electron chi connectivity index (χ3n) is 7.02. The summed E-state index contributed by atoms with van der Waals surface area (Å²) in [6.07, 6.45) is 8.00. The van der Waals surface area contributed by atoms with E-state index in [4.69, 9.17) is 0 Å². The van der Waals surface area contributed by atoms with Gasteiger partial charge in [0.25, 0.3) is 0 Å².